The molecule has 0 saturated carbocycles. The third-order valence-electron chi connectivity index (χ3n) is 5.21. The fourth-order valence-corrected chi connectivity index (χ4v) is 3.91. The van der Waals surface area contributed by atoms with Crippen molar-refractivity contribution >= 4 is 44.2 Å². The Morgan fingerprint density at radius 1 is 1.09 bits per heavy atom. The van der Waals surface area contributed by atoms with Crippen LogP contribution in [0.15, 0.2) is 34.8 Å². The summed E-state index contributed by atoms with van der Waals surface area (Å²) in [6.45, 7) is 4.25. The Labute approximate surface area is 192 Å². The molecule has 1 N–H and O–H groups in total. The topological polar surface area (TPSA) is 115 Å². The Morgan fingerprint density at radius 2 is 1.69 bits per heavy atom. The van der Waals surface area contributed by atoms with E-state index in [9.17, 15) is 19.7 Å². The molecule has 2 aromatic carbocycles. The highest BCUT2D eigenvalue weighted by Crippen LogP contribution is 2.46. The van der Waals surface area contributed by atoms with Crippen LogP contribution in [0.3, 0.4) is 0 Å². The number of hydrogen-bond acceptors (Lipinski definition) is 6. The molecule has 0 aliphatic heterocycles. The van der Waals surface area contributed by atoms with Crippen LogP contribution in [0.5, 0.6) is 11.5 Å². The quantitative estimate of drug-likeness (QED) is 0.208. The molecule has 0 spiro atoms. The number of Topliss-reactive ketones (excluding diaryl/α,β-unsaturated/α-hetero) is 1. The number of carbonyl (C=O) groups excluding carboxylic acids is 2. The number of aromatic nitrogens is 1. The smallest absolute Gasteiger partial charge is 0.335 e. The van der Waals surface area contributed by atoms with Gasteiger partial charge in [-0.15, -0.1) is 0 Å². The van der Waals surface area contributed by atoms with Crippen molar-refractivity contribution < 1.29 is 24.0 Å². The number of carbonyl (C=O) groups is 2. The number of ketones is 1. The van der Waals surface area contributed by atoms with Gasteiger partial charge in [0.25, 0.3) is 11.7 Å². The maximum absolute atomic E-state index is 13.3. The number of fused-ring (bicyclic) bond motifs is 1. The number of aromatic amines is 1. The van der Waals surface area contributed by atoms with Gasteiger partial charge in [-0.2, -0.15) is 0 Å². The maximum atomic E-state index is 13.3. The van der Waals surface area contributed by atoms with Gasteiger partial charge in [-0.25, -0.2) is 0 Å². The maximum Gasteiger partial charge on any atom is 0.335 e. The largest absolute Gasteiger partial charge is 0.496 e. The molecule has 0 aliphatic rings. The number of rotatable bonds is 8. The molecule has 0 aliphatic carbocycles. The summed E-state index contributed by atoms with van der Waals surface area (Å²) in [5.74, 6) is -1.25. The second-order valence-electron chi connectivity index (χ2n) is 6.83. The minimum absolute atomic E-state index is 0.0305. The van der Waals surface area contributed by atoms with Crippen molar-refractivity contribution in [1.29, 1.82) is 0 Å². The van der Waals surface area contributed by atoms with Crippen LogP contribution in [-0.2, 0) is 4.79 Å². The van der Waals surface area contributed by atoms with E-state index in [-0.39, 0.29) is 28.4 Å². The Bertz CT molecular complexity index is 1200. The van der Waals surface area contributed by atoms with Gasteiger partial charge in [-0.05, 0) is 31.5 Å². The van der Waals surface area contributed by atoms with E-state index in [2.05, 4.69) is 20.9 Å². The van der Waals surface area contributed by atoms with Gasteiger partial charge in [0.05, 0.1) is 24.5 Å². The predicted molar refractivity (Wildman–Crippen MR) is 123 cm³/mol. The van der Waals surface area contributed by atoms with E-state index >= 15 is 0 Å². The molecule has 1 amide bonds. The number of nitrogens with zero attached hydrogens (tertiary/aromatic N) is 2. The Morgan fingerprint density at radius 3 is 2.19 bits per heavy atom. The number of halogens is 1. The lowest BCUT2D eigenvalue weighted by Gasteiger charge is -2.17. The molecule has 10 heteroatoms. The second-order valence-corrected chi connectivity index (χ2v) is 7.74. The molecule has 1 aromatic heterocycles. The van der Waals surface area contributed by atoms with Crippen LogP contribution in [0, 0.1) is 10.1 Å². The van der Waals surface area contributed by atoms with Crippen LogP contribution in [0.1, 0.15) is 24.3 Å². The van der Waals surface area contributed by atoms with Crippen LogP contribution in [0.4, 0.5) is 5.69 Å². The molecule has 9 nitrogen and oxygen atoms in total. The first-order valence-electron chi connectivity index (χ1n) is 9.83. The molecule has 0 unspecified atom stereocenters. The van der Waals surface area contributed by atoms with Crippen molar-refractivity contribution in [1.82, 2.24) is 9.88 Å². The van der Waals surface area contributed by atoms with E-state index in [1.165, 1.54) is 25.2 Å². The van der Waals surface area contributed by atoms with E-state index in [1.54, 1.807) is 38.1 Å². The zero-order chi connectivity index (χ0) is 23.6. The number of ether oxygens (including phenoxy) is 2. The number of amides is 1. The zero-order valence-electron chi connectivity index (χ0n) is 18.0. The number of hydrogen-bond donors (Lipinski definition) is 1. The normalized spacial score (nSPS) is 10.8. The summed E-state index contributed by atoms with van der Waals surface area (Å²) in [6, 6.07) is 8.46. The number of nitro benzene ring substituents is 1. The first kappa shape index (κ1) is 23.3. The number of methoxy groups -OCH3 is 2. The second kappa shape index (κ2) is 9.39. The van der Waals surface area contributed by atoms with Crippen molar-refractivity contribution in [3.8, 4) is 22.6 Å². The van der Waals surface area contributed by atoms with E-state index in [4.69, 9.17) is 9.47 Å². The molecule has 168 valence electrons. The molecule has 0 radical (unpaired) electrons. The standard InChI is InChI=1S/C22H22BrN3O6/c1-5-25(6-2)22(28)21(27)19-16(12-7-9-13(23)10-8-12)17-14(31-3)11-15(32-4)20(26(29)30)18(17)24-19/h7-11,24H,5-6H2,1-4H3. The average molecular weight is 504 g/mol. The van der Waals surface area contributed by atoms with Crippen LogP contribution < -0.4 is 9.47 Å². The highest BCUT2D eigenvalue weighted by atomic mass is 79.9. The molecular formula is C22H22BrN3O6. The van der Waals surface area contributed by atoms with Crippen molar-refractivity contribution in [2.24, 2.45) is 0 Å². The zero-order valence-corrected chi connectivity index (χ0v) is 19.6. The molecule has 32 heavy (non-hydrogen) atoms. The van der Waals surface area contributed by atoms with Crippen LogP contribution >= 0.6 is 15.9 Å². The van der Waals surface area contributed by atoms with Gasteiger partial charge in [0, 0.05) is 29.2 Å². The number of likely N-dealkylation sites (N-methyl/N-ethyl adjacent to an activating group) is 1. The third kappa shape index (κ3) is 3.93. The minimum Gasteiger partial charge on any atom is -0.496 e. The SMILES string of the molecule is CCN(CC)C(=O)C(=O)c1[nH]c2c([N+](=O)[O-])c(OC)cc(OC)c2c1-c1ccc(Br)cc1. The fraction of sp³-hybridized carbons (Fsp3) is 0.273. The molecular weight excluding hydrogens is 482 g/mol. The van der Waals surface area contributed by atoms with E-state index in [0.29, 0.717) is 29.6 Å². The molecule has 3 aromatic rings. The van der Waals surface area contributed by atoms with Crippen molar-refractivity contribution in [3.05, 3.63) is 50.6 Å². The minimum atomic E-state index is -0.793. The summed E-state index contributed by atoms with van der Waals surface area (Å²) >= 11 is 3.38. The molecule has 3 rings (SSSR count). The third-order valence-corrected chi connectivity index (χ3v) is 5.73. The van der Waals surface area contributed by atoms with E-state index in [1.807, 2.05) is 0 Å². The molecule has 0 saturated heterocycles. The highest BCUT2D eigenvalue weighted by Gasteiger charge is 2.33. The lowest BCUT2D eigenvalue weighted by atomic mass is 9.98. The summed E-state index contributed by atoms with van der Waals surface area (Å²) in [5.41, 5.74) is 0.582. The van der Waals surface area contributed by atoms with Gasteiger partial charge in [0.1, 0.15) is 17.0 Å². The van der Waals surface area contributed by atoms with E-state index < -0.39 is 16.6 Å². The Balaban J connectivity index is 2.45. The lowest BCUT2D eigenvalue weighted by molar-refractivity contribution is -0.384. The highest BCUT2D eigenvalue weighted by molar-refractivity contribution is 9.10. The Hall–Kier alpha value is -3.40. The lowest BCUT2D eigenvalue weighted by Crippen LogP contribution is -2.36. The van der Waals surface area contributed by atoms with Gasteiger partial charge in [-0.1, -0.05) is 28.1 Å². The van der Waals surface area contributed by atoms with Crippen LogP contribution in [0.25, 0.3) is 22.0 Å². The summed E-state index contributed by atoms with van der Waals surface area (Å²) in [6.07, 6.45) is 0. The van der Waals surface area contributed by atoms with Gasteiger partial charge in [-0.3, -0.25) is 19.7 Å². The summed E-state index contributed by atoms with van der Waals surface area (Å²) < 4.78 is 11.5. The van der Waals surface area contributed by atoms with E-state index in [0.717, 1.165) is 4.47 Å². The first-order chi connectivity index (χ1) is 15.3. The average Bonchev–Trinajstić information content (AvgIpc) is 3.18. The Kier molecular flexibility index (Phi) is 6.83. The van der Waals surface area contributed by atoms with Crippen molar-refractivity contribution in [3.63, 3.8) is 0 Å². The first-order valence-corrected chi connectivity index (χ1v) is 10.6. The number of benzene rings is 2. The summed E-state index contributed by atoms with van der Waals surface area (Å²) in [7, 11) is 2.73. The van der Waals surface area contributed by atoms with Crippen LogP contribution in [-0.4, -0.2) is 53.8 Å². The predicted octanol–water partition coefficient (Wildman–Crippen LogP) is 4.57. The van der Waals surface area contributed by atoms with Gasteiger partial charge in [0.2, 0.25) is 5.75 Å². The molecule has 0 atom stereocenters. The number of nitro groups is 1. The molecule has 0 fully saturated rings. The number of H-pyrrole nitrogens is 1. The van der Waals surface area contributed by atoms with Crippen LogP contribution in [0.2, 0.25) is 0 Å². The summed E-state index contributed by atoms with van der Waals surface area (Å²) in [4.78, 5) is 41.7. The molecule has 0 bridgehead atoms. The van der Waals surface area contributed by atoms with Gasteiger partial charge >= 0.3 is 5.69 Å². The van der Waals surface area contributed by atoms with Gasteiger partial charge < -0.3 is 19.4 Å². The monoisotopic (exact) mass is 503 g/mol. The van der Waals surface area contributed by atoms with Gasteiger partial charge in [0.15, 0.2) is 0 Å². The van der Waals surface area contributed by atoms with Crippen molar-refractivity contribution in [2.75, 3.05) is 27.3 Å². The summed E-state index contributed by atoms with van der Waals surface area (Å²) in [5, 5.41) is 12.2. The molecule has 1 heterocycles. The fourth-order valence-electron chi connectivity index (χ4n) is 3.64. The number of nitrogens with one attached hydrogen (secondary N) is 1. The van der Waals surface area contributed by atoms with Crippen molar-refractivity contribution in [2.45, 2.75) is 13.8 Å².